The number of hydrogen-bond acceptors (Lipinski definition) is 4. The van der Waals surface area contributed by atoms with Crippen molar-refractivity contribution in [1.82, 2.24) is 14.7 Å². The lowest BCUT2D eigenvalue weighted by atomic mass is 10.3. The maximum Gasteiger partial charge on any atom is 0.0863 e. The van der Waals surface area contributed by atoms with Gasteiger partial charge in [0.15, 0.2) is 0 Å². The van der Waals surface area contributed by atoms with Gasteiger partial charge in [-0.3, -0.25) is 9.58 Å². The highest BCUT2D eigenvalue weighted by atomic mass is 35.5. The molecule has 0 radical (unpaired) electrons. The van der Waals surface area contributed by atoms with E-state index in [-0.39, 0.29) is 13.2 Å². The number of aromatic nitrogens is 2. The highest BCUT2D eigenvalue weighted by Gasteiger charge is 2.15. The topological polar surface area (TPSA) is 61.5 Å². The summed E-state index contributed by atoms with van der Waals surface area (Å²) in [4.78, 5) is 1.95. The Hall–Kier alpha value is -0.620. The van der Waals surface area contributed by atoms with Crippen molar-refractivity contribution in [3.63, 3.8) is 0 Å². The molecule has 0 unspecified atom stereocenters. The van der Waals surface area contributed by atoms with E-state index in [1.807, 2.05) is 18.9 Å². The maximum atomic E-state index is 8.95. The number of nitrogens with zero attached hydrogens (tertiary/aromatic N) is 3. The Labute approximate surface area is 107 Å². The number of aliphatic hydroxyl groups is 2. The van der Waals surface area contributed by atoms with Crippen LogP contribution in [0.25, 0.3) is 0 Å². The van der Waals surface area contributed by atoms with Crippen LogP contribution in [-0.4, -0.2) is 51.2 Å². The Morgan fingerprint density at radius 3 is 2.29 bits per heavy atom. The first-order valence-electron chi connectivity index (χ1n) is 5.78. The number of hydrogen-bond donors (Lipinski definition) is 2. The lowest BCUT2D eigenvalue weighted by molar-refractivity contribution is 0.153. The fourth-order valence-corrected chi connectivity index (χ4v) is 2.11. The van der Waals surface area contributed by atoms with Crippen molar-refractivity contribution in [2.24, 2.45) is 7.05 Å². The molecule has 2 N–H and O–H groups in total. The molecule has 0 aliphatic rings. The molecule has 0 saturated heterocycles. The molecule has 1 aromatic heterocycles. The van der Waals surface area contributed by atoms with E-state index in [4.69, 9.17) is 21.8 Å². The summed E-state index contributed by atoms with van der Waals surface area (Å²) in [6.45, 7) is 3.76. The zero-order chi connectivity index (χ0) is 12.8. The molecule has 0 saturated carbocycles. The second kappa shape index (κ2) is 6.96. The second-order valence-corrected chi connectivity index (χ2v) is 4.29. The van der Waals surface area contributed by atoms with Gasteiger partial charge in [-0.15, -0.1) is 0 Å². The van der Waals surface area contributed by atoms with Crippen LogP contribution in [0.5, 0.6) is 0 Å². The standard InChI is InChI=1S/C11H20ClN3O2/c1-3-9-11(12)10(14(2)13-9)8-15(4-6-16)5-7-17/h16-17H,3-8H2,1-2H3. The van der Waals surface area contributed by atoms with Crippen LogP contribution in [0.3, 0.4) is 0 Å². The summed E-state index contributed by atoms with van der Waals surface area (Å²) >= 11 is 6.24. The molecule has 0 amide bonds. The summed E-state index contributed by atoms with van der Waals surface area (Å²) in [5.74, 6) is 0. The van der Waals surface area contributed by atoms with Gasteiger partial charge in [-0.2, -0.15) is 5.10 Å². The summed E-state index contributed by atoms with van der Waals surface area (Å²) in [6.07, 6.45) is 0.798. The van der Waals surface area contributed by atoms with Crippen molar-refractivity contribution < 1.29 is 10.2 Å². The van der Waals surface area contributed by atoms with Crippen molar-refractivity contribution in [3.8, 4) is 0 Å². The van der Waals surface area contributed by atoms with Crippen LogP contribution in [0.15, 0.2) is 0 Å². The summed E-state index contributed by atoms with van der Waals surface area (Å²) in [5.41, 5.74) is 1.81. The van der Waals surface area contributed by atoms with Gasteiger partial charge < -0.3 is 10.2 Å². The molecule has 0 aromatic carbocycles. The fraction of sp³-hybridized carbons (Fsp3) is 0.727. The number of aryl methyl sites for hydroxylation is 2. The van der Waals surface area contributed by atoms with Crippen molar-refractivity contribution >= 4 is 11.6 Å². The van der Waals surface area contributed by atoms with Gasteiger partial charge >= 0.3 is 0 Å². The maximum absolute atomic E-state index is 8.95. The molecule has 0 fully saturated rings. The van der Waals surface area contributed by atoms with Crippen LogP contribution in [0.4, 0.5) is 0 Å². The van der Waals surface area contributed by atoms with Crippen LogP contribution in [0, 0.1) is 0 Å². The van der Waals surface area contributed by atoms with Gasteiger partial charge in [-0.05, 0) is 6.42 Å². The van der Waals surface area contributed by atoms with Gasteiger partial charge in [0.1, 0.15) is 0 Å². The summed E-state index contributed by atoms with van der Waals surface area (Å²) in [7, 11) is 1.86. The predicted molar refractivity (Wildman–Crippen MR) is 67.0 cm³/mol. The zero-order valence-corrected chi connectivity index (χ0v) is 11.1. The molecule has 1 heterocycles. The highest BCUT2D eigenvalue weighted by Crippen LogP contribution is 2.22. The van der Waals surface area contributed by atoms with Crippen molar-refractivity contribution in [2.45, 2.75) is 19.9 Å². The monoisotopic (exact) mass is 261 g/mol. The third-order valence-corrected chi connectivity index (χ3v) is 3.15. The molecule has 5 nitrogen and oxygen atoms in total. The zero-order valence-electron chi connectivity index (χ0n) is 10.4. The van der Waals surface area contributed by atoms with Gasteiger partial charge in [0, 0.05) is 26.7 Å². The Kier molecular flexibility index (Phi) is 5.91. The summed E-state index contributed by atoms with van der Waals surface area (Å²) in [5, 5.41) is 22.9. The molecular weight excluding hydrogens is 242 g/mol. The van der Waals surface area contributed by atoms with E-state index < -0.39 is 0 Å². The first kappa shape index (κ1) is 14.4. The lowest BCUT2D eigenvalue weighted by Crippen LogP contribution is -2.30. The molecule has 0 atom stereocenters. The van der Waals surface area contributed by atoms with Crippen molar-refractivity contribution in [1.29, 1.82) is 0 Å². The van der Waals surface area contributed by atoms with Crippen LogP contribution < -0.4 is 0 Å². The molecule has 0 bridgehead atoms. The summed E-state index contributed by atoms with van der Waals surface area (Å²) < 4.78 is 1.77. The largest absolute Gasteiger partial charge is 0.395 e. The van der Waals surface area contributed by atoms with Crippen molar-refractivity contribution in [2.75, 3.05) is 26.3 Å². The van der Waals surface area contributed by atoms with E-state index in [0.717, 1.165) is 17.8 Å². The molecule has 17 heavy (non-hydrogen) atoms. The minimum absolute atomic E-state index is 0.0656. The Morgan fingerprint density at radius 2 is 1.88 bits per heavy atom. The van der Waals surface area contributed by atoms with Gasteiger partial charge in [0.2, 0.25) is 0 Å². The SMILES string of the molecule is CCc1nn(C)c(CN(CCO)CCO)c1Cl. The van der Waals surface area contributed by atoms with Gasteiger partial charge in [0.25, 0.3) is 0 Å². The van der Waals surface area contributed by atoms with Crippen LogP contribution in [-0.2, 0) is 20.0 Å². The van der Waals surface area contributed by atoms with E-state index in [9.17, 15) is 0 Å². The molecular formula is C11H20ClN3O2. The van der Waals surface area contributed by atoms with Gasteiger partial charge in [-0.1, -0.05) is 18.5 Å². The minimum Gasteiger partial charge on any atom is -0.395 e. The third-order valence-electron chi connectivity index (χ3n) is 2.71. The van der Waals surface area contributed by atoms with E-state index in [0.29, 0.717) is 24.7 Å². The molecule has 98 valence electrons. The number of aliphatic hydroxyl groups excluding tert-OH is 2. The molecule has 0 spiro atoms. The minimum atomic E-state index is 0.0656. The average Bonchev–Trinajstić information content (AvgIpc) is 2.57. The van der Waals surface area contributed by atoms with E-state index in [1.54, 1.807) is 4.68 Å². The van der Waals surface area contributed by atoms with Crippen LogP contribution >= 0.6 is 11.6 Å². The fourth-order valence-electron chi connectivity index (χ4n) is 1.76. The highest BCUT2D eigenvalue weighted by molar-refractivity contribution is 6.31. The lowest BCUT2D eigenvalue weighted by Gasteiger charge is -2.20. The van der Waals surface area contributed by atoms with Gasteiger partial charge in [0.05, 0.1) is 29.6 Å². The first-order valence-corrected chi connectivity index (χ1v) is 6.16. The first-order chi connectivity index (χ1) is 8.13. The molecule has 1 rings (SSSR count). The quantitative estimate of drug-likeness (QED) is 0.747. The Bertz CT molecular complexity index is 349. The van der Waals surface area contributed by atoms with Crippen molar-refractivity contribution in [3.05, 3.63) is 16.4 Å². The third kappa shape index (κ3) is 3.67. The molecule has 1 aromatic rings. The normalized spacial score (nSPS) is 11.4. The molecule has 6 heteroatoms. The van der Waals surface area contributed by atoms with Crippen LogP contribution in [0.2, 0.25) is 5.02 Å². The van der Waals surface area contributed by atoms with E-state index in [1.165, 1.54) is 0 Å². The second-order valence-electron chi connectivity index (χ2n) is 3.91. The van der Waals surface area contributed by atoms with Crippen LogP contribution in [0.1, 0.15) is 18.3 Å². The molecule has 0 aliphatic carbocycles. The Morgan fingerprint density at radius 1 is 1.29 bits per heavy atom. The predicted octanol–water partition coefficient (Wildman–Crippen LogP) is 0.423. The average molecular weight is 262 g/mol. The van der Waals surface area contributed by atoms with E-state index in [2.05, 4.69) is 5.10 Å². The van der Waals surface area contributed by atoms with Gasteiger partial charge in [-0.25, -0.2) is 0 Å². The molecule has 0 aliphatic heterocycles. The summed E-state index contributed by atoms with van der Waals surface area (Å²) in [6, 6.07) is 0. The smallest absolute Gasteiger partial charge is 0.0863 e. The number of rotatable bonds is 7. The number of halogens is 1. The Balaban J connectivity index is 2.80. The van der Waals surface area contributed by atoms with E-state index >= 15 is 0 Å².